The number of pyridine rings is 1. The number of sulfonamides is 2. The van der Waals surface area contributed by atoms with E-state index >= 15 is 0 Å². The van der Waals surface area contributed by atoms with Gasteiger partial charge in [0.2, 0.25) is 26.0 Å². The van der Waals surface area contributed by atoms with Crippen LogP contribution in [0, 0.1) is 0 Å². The van der Waals surface area contributed by atoms with Gasteiger partial charge in [-0.3, -0.25) is 4.79 Å². The van der Waals surface area contributed by atoms with Crippen LogP contribution in [0.1, 0.15) is 32.6 Å². The Morgan fingerprint density at radius 3 is 2.69 bits per heavy atom. The molecule has 0 spiro atoms. The molecule has 0 unspecified atom stereocenters. The van der Waals surface area contributed by atoms with Gasteiger partial charge in [-0.2, -0.15) is 0 Å². The zero-order valence-corrected chi connectivity index (χ0v) is 21.6. The Balaban J connectivity index is 1.41. The van der Waals surface area contributed by atoms with Crippen molar-refractivity contribution in [2.45, 2.75) is 37.5 Å². The molecular formula is C23H31N5O5S2. The molecule has 0 radical (unpaired) electrons. The fourth-order valence-electron chi connectivity index (χ4n) is 4.29. The Hall–Kier alpha value is -2.54. The predicted octanol–water partition coefficient (Wildman–Crippen LogP) is 1.56. The number of hydrogen-bond donors (Lipinski definition) is 2. The van der Waals surface area contributed by atoms with Crippen molar-refractivity contribution in [3.63, 3.8) is 0 Å². The van der Waals surface area contributed by atoms with Crippen LogP contribution in [0.2, 0.25) is 0 Å². The van der Waals surface area contributed by atoms with E-state index < -0.39 is 20.0 Å². The SMILES string of the molecule is CCS(=O)(=O)N(C)CCCNS(=O)(=O)c1ccc2nc(N3CCC4=C(CCC(=O)N4)C3)ccc2c1. The van der Waals surface area contributed by atoms with Gasteiger partial charge in [0.1, 0.15) is 5.82 Å². The van der Waals surface area contributed by atoms with Crippen LogP contribution in [0.4, 0.5) is 5.82 Å². The Bertz CT molecular complexity index is 1370. The minimum absolute atomic E-state index is 0.0109. The molecule has 2 aromatic rings. The van der Waals surface area contributed by atoms with Crippen molar-refractivity contribution in [2.24, 2.45) is 0 Å². The Morgan fingerprint density at radius 2 is 1.91 bits per heavy atom. The average Bonchev–Trinajstić information content (AvgIpc) is 2.85. The molecular weight excluding hydrogens is 490 g/mol. The van der Waals surface area contributed by atoms with E-state index in [1.165, 1.54) is 23.0 Å². The molecule has 1 aromatic heterocycles. The highest BCUT2D eigenvalue weighted by atomic mass is 32.2. The van der Waals surface area contributed by atoms with Gasteiger partial charge in [-0.1, -0.05) is 0 Å². The maximum Gasteiger partial charge on any atom is 0.240 e. The monoisotopic (exact) mass is 521 g/mol. The van der Waals surface area contributed by atoms with E-state index in [2.05, 4.69) is 14.9 Å². The van der Waals surface area contributed by atoms with E-state index in [4.69, 9.17) is 4.98 Å². The molecule has 2 aliphatic heterocycles. The second-order valence-corrected chi connectivity index (χ2v) is 12.9. The number of amides is 1. The van der Waals surface area contributed by atoms with Gasteiger partial charge in [0, 0.05) is 57.2 Å². The van der Waals surface area contributed by atoms with Crippen molar-refractivity contribution in [3.8, 4) is 0 Å². The number of nitrogens with zero attached hydrogens (tertiary/aromatic N) is 3. The minimum Gasteiger partial charge on any atom is -0.352 e. The van der Waals surface area contributed by atoms with Crippen LogP contribution in [0.25, 0.3) is 10.9 Å². The molecule has 190 valence electrons. The van der Waals surface area contributed by atoms with Gasteiger partial charge in [0.15, 0.2) is 0 Å². The van der Waals surface area contributed by atoms with Gasteiger partial charge in [0.25, 0.3) is 0 Å². The molecule has 2 aliphatic rings. The molecule has 0 saturated heterocycles. The summed E-state index contributed by atoms with van der Waals surface area (Å²) in [5, 5.41) is 3.69. The number of anilines is 1. The summed E-state index contributed by atoms with van der Waals surface area (Å²) in [6, 6.07) is 8.58. The second kappa shape index (κ2) is 10.2. The maximum atomic E-state index is 12.7. The van der Waals surface area contributed by atoms with Crippen LogP contribution >= 0.6 is 0 Å². The topological polar surface area (TPSA) is 129 Å². The fourth-order valence-corrected chi connectivity index (χ4v) is 6.24. The molecule has 12 heteroatoms. The minimum atomic E-state index is -3.74. The van der Waals surface area contributed by atoms with Gasteiger partial charge in [-0.15, -0.1) is 0 Å². The zero-order valence-electron chi connectivity index (χ0n) is 20.0. The summed E-state index contributed by atoms with van der Waals surface area (Å²) in [4.78, 5) is 18.7. The summed E-state index contributed by atoms with van der Waals surface area (Å²) in [6.07, 6.45) is 2.41. The van der Waals surface area contributed by atoms with E-state index in [1.54, 1.807) is 19.1 Å². The van der Waals surface area contributed by atoms with Crippen molar-refractivity contribution in [1.82, 2.24) is 19.3 Å². The van der Waals surface area contributed by atoms with Crippen molar-refractivity contribution >= 4 is 42.7 Å². The second-order valence-electron chi connectivity index (χ2n) is 8.80. The van der Waals surface area contributed by atoms with E-state index in [1.807, 2.05) is 12.1 Å². The van der Waals surface area contributed by atoms with E-state index in [9.17, 15) is 21.6 Å². The molecule has 4 rings (SSSR count). The molecule has 0 bridgehead atoms. The van der Waals surface area contributed by atoms with Crippen LogP contribution in [0.15, 0.2) is 46.5 Å². The van der Waals surface area contributed by atoms with Crippen molar-refractivity contribution in [1.29, 1.82) is 0 Å². The Morgan fingerprint density at radius 1 is 1.11 bits per heavy atom. The molecule has 0 fully saturated rings. The first-order valence-electron chi connectivity index (χ1n) is 11.7. The lowest BCUT2D eigenvalue weighted by Gasteiger charge is -2.34. The van der Waals surface area contributed by atoms with Crippen molar-refractivity contribution in [3.05, 3.63) is 41.6 Å². The number of hydrogen-bond acceptors (Lipinski definition) is 7. The molecule has 10 nitrogen and oxygen atoms in total. The third-order valence-electron chi connectivity index (χ3n) is 6.45. The first kappa shape index (κ1) is 25.5. The van der Waals surface area contributed by atoms with Crippen LogP contribution in [0.3, 0.4) is 0 Å². The summed E-state index contributed by atoms with van der Waals surface area (Å²) in [7, 11) is -5.53. The average molecular weight is 522 g/mol. The van der Waals surface area contributed by atoms with Gasteiger partial charge < -0.3 is 10.2 Å². The lowest BCUT2D eigenvalue weighted by atomic mass is 9.97. The third-order valence-corrected chi connectivity index (χ3v) is 9.77. The fraction of sp³-hybridized carbons (Fsp3) is 0.478. The summed E-state index contributed by atoms with van der Waals surface area (Å²) < 4.78 is 52.9. The Kier molecular flexibility index (Phi) is 7.46. The molecule has 1 amide bonds. The number of carbonyl (C=O) groups is 1. The molecule has 0 saturated carbocycles. The van der Waals surface area contributed by atoms with Crippen LogP contribution in [-0.4, -0.2) is 71.0 Å². The number of carbonyl (C=O) groups excluding carboxylic acids is 1. The molecule has 0 atom stereocenters. The lowest BCUT2D eigenvalue weighted by molar-refractivity contribution is -0.120. The predicted molar refractivity (Wildman–Crippen MR) is 135 cm³/mol. The highest BCUT2D eigenvalue weighted by molar-refractivity contribution is 7.89. The molecule has 35 heavy (non-hydrogen) atoms. The maximum absolute atomic E-state index is 12.7. The van der Waals surface area contributed by atoms with Crippen molar-refractivity contribution < 1.29 is 21.6 Å². The summed E-state index contributed by atoms with van der Waals surface area (Å²) >= 11 is 0. The lowest BCUT2D eigenvalue weighted by Crippen LogP contribution is -2.39. The van der Waals surface area contributed by atoms with Gasteiger partial charge in [0.05, 0.1) is 16.2 Å². The third kappa shape index (κ3) is 5.83. The van der Waals surface area contributed by atoms with E-state index in [-0.39, 0.29) is 29.6 Å². The standard InChI is InChI=1S/C23H31N5O5S2/c1-3-34(30,31)27(2)13-4-12-24-35(32,33)19-7-8-20-17(15-19)5-9-22(25-20)28-14-11-21-18(16-28)6-10-23(29)26-21/h5,7-9,15,24H,3-4,6,10-14,16H2,1-2H3,(H,26,29). The largest absolute Gasteiger partial charge is 0.352 e. The highest BCUT2D eigenvalue weighted by Gasteiger charge is 2.25. The van der Waals surface area contributed by atoms with Crippen molar-refractivity contribution in [2.75, 3.05) is 43.9 Å². The number of fused-ring (bicyclic) bond motifs is 1. The number of nitrogens with one attached hydrogen (secondary N) is 2. The molecule has 3 heterocycles. The number of benzene rings is 1. The van der Waals surface area contributed by atoms with Crippen LogP contribution < -0.4 is 14.9 Å². The van der Waals surface area contributed by atoms with Crippen LogP contribution in [-0.2, 0) is 24.8 Å². The zero-order chi connectivity index (χ0) is 25.2. The molecule has 2 N–H and O–H groups in total. The highest BCUT2D eigenvalue weighted by Crippen LogP contribution is 2.28. The Labute approximate surface area is 206 Å². The van der Waals surface area contributed by atoms with E-state index in [0.29, 0.717) is 23.7 Å². The normalized spacial score (nSPS) is 17.1. The summed E-state index contributed by atoms with van der Waals surface area (Å²) in [6.45, 7) is 3.42. The smallest absolute Gasteiger partial charge is 0.240 e. The number of rotatable bonds is 9. The quantitative estimate of drug-likeness (QED) is 0.479. The summed E-state index contributed by atoms with van der Waals surface area (Å²) in [5.74, 6) is 0.913. The number of aromatic nitrogens is 1. The van der Waals surface area contributed by atoms with Gasteiger partial charge >= 0.3 is 0 Å². The van der Waals surface area contributed by atoms with Gasteiger partial charge in [-0.25, -0.2) is 30.8 Å². The first-order valence-corrected chi connectivity index (χ1v) is 14.8. The van der Waals surface area contributed by atoms with Crippen LogP contribution in [0.5, 0.6) is 0 Å². The first-order chi connectivity index (χ1) is 16.6. The van der Waals surface area contributed by atoms with Gasteiger partial charge in [-0.05, 0) is 55.7 Å². The summed E-state index contributed by atoms with van der Waals surface area (Å²) in [5.41, 5.74) is 2.98. The molecule has 0 aliphatic carbocycles. The molecule has 1 aromatic carbocycles. The van der Waals surface area contributed by atoms with E-state index in [0.717, 1.165) is 37.4 Å².